The Hall–Kier alpha value is -1.92. The van der Waals surface area contributed by atoms with Gasteiger partial charge in [-0.2, -0.15) is 4.98 Å². The molecule has 0 aliphatic carbocycles. The molecule has 1 aliphatic rings. The first-order valence-electron chi connectivity index (χ1n) is 6.98. The molecule has 6 nitrogen and oxygen atoms in total. The number of rotatable bonds is 3. The third-order valence-corrected chi connectivity index (χ3v) is 3.96. The van der Waals surface area contributed by atoms with Crippen LogP contribution in [-0.4, -0.2) is 30.5 Å². The molecule has 0 atom stereocenters. The Labute approximate surface area is 123 Å². The monoisotopic (exact) mass is 289 g/mol. The minimum absolute atomic E-state index is 0.425. The number of aryl methyl sites for hydroxylation is 1. The van der Waals surface area contributed by atoms with Crippen molar-refractivity contribution in [3.8, 4) is 11.5 Å². The maximum absolute atomic E-state index is 6.00. The first kappa shape index (κ1) is 14.0. The molecular formula is C15H19N3O3. The van der Waals surface area contributed by atoms with E-state index in [1.54, 1.807) is 7.11 Å². The standard InChI is InChI=1S/C15H19N3O3/c1-10-3-4-12(16)11(9-10)13-17-14(18-21-13)15(19-2)5-7-20-8-6-15/h3-4,9H,5-8,16H2,1-2H3. The van der Waals surface area contributed by atoms with Crippen LogP contribution >= 0.6 is 0 Å². The second-order valence-electron chi connectivity index (χ2n) is 5.32. The number of methoxy groups -OCH3 is 1. The SMILES string of the molecule is COC1(c2noc(-c3cc(C)ccc3N)n2)CCOCC1. The molecule has 3 rings (SSSR count). The van der Waals surface area contributed by atoms with Crippen LogP contribution < -0.4 is 5.73 Å². The van der Waals surface area contributed by atoms with E-state index in [0.717, 1.165) is 11.1 Å². The van der Waals surface area contributed by atoms with Crippen molar-refractivity contribution in [2.45, 2.75) is 25.4 Å². The molecule has 112 valence electrons. The minimum atomic E-state index is -0.529. The number of hydrogen-bond acceptors (Lipinski definition) is 6. The van der Waals surface area contributed by atoms with Crippen LogP contribution in [0.2, 0.25) is 0 Å². The first-order valence-corrected chi connectivity index (χ1v) is 6.98. The molecule has 1 aromatic heterocycles. The predicted octanol–water partition coefficient (Wildman–Crippen LogP) is 2.28. The number of ether oxygens (including phenoxy) is 2. The Balaban J connectivity index is 1.97. The van der Waals surface area contributed by atoms with Crippen molar-refractivity contribution in [2.24, 2.45) is 0 Å². The van der Waals surface area contributed by atoms with Gasteiger partial charge in [-0.15, -0.1) is 0 Å². The van der Waals surface area contributed by atoms with Gasteiger partial charge in [0.25, 0.3) is 5.89 Å². The van der Waals surface area contributed by atoms with E-state index >= 15 is 0 Å². The van der Waals surface area contributed by atoms with Gasteiger partial charge in [0.2, 0.25) is 5.82 Å². The Morgan fingerprint density at radius 1 is 1.29 bits per heavy atom. The topological polar surface area (TPSA) is 83.4 Å². The highest BCUT2D eigenvalue weighted by Crippen LogP contribution is 2.35. The van der Waals surface area contributed by atoms with Gasteiger partial charge in [-0.25, -0.2) is 0 Å². The highest BCUT2D eigenvalue weighted by atomic mass is 16.5. The van der Waals surface area contributed by atoms with Crippen LogP contribution in [0.4, 0.5) is 5.69 Å². The van der Waals surface area contributed by atoms with Gasteiger partial charge in [0, 0.05) is 38.9 Å². The molecule has 1 fully saturated rings. The van der Waals surface area contributed by atoms with Crippen molar-refractivity contribution in [2.75, 3.05) is 26.1 Å². The molecule has 2 aromatic rings. The highest BCUT2D eigenvalue weighted by Gasteiger charge is 2.39. The summed E-state index contributed by atoms with van der Waals surface area (Å²) < 4.78 is 16.5. The maximum Gasteiger partial charge on any atom is 0.260 e. The van der Waals surface area contributed by atoms with Crippen molar-refractivity contribution in [3.63, 3.8) is 0 Å². The molecule has 6 heteroatoms. The molecule has 0 unspecified atom stereocenters. The lowest BCUT2D eigenvalue weighted by Gasteiger charge is -2.32. The quantitative estimate of drug-likeness (QED) is 0.873. The lowest BCUT2D eigenvalue weighted by molar-refractivity contribution is -0.101. The molecule has 0 spiro atoms. The molecule has 1 saturated heterocycles. The van der Waals surface area contributed by atoms with E-state index in [1.807, 2.05) is 25.1 Å². The second kappa shape index (κ2) is 5.46. The Bertz CT molecular complexity index is 633. The van der Waals surface area contributed by atoms with Crippen LogP contribution in [0.3, 0.4) is 0 Å². The Morgan fingerprint density at radius 2 is 2.05 bits per heavy atom. The second-order valence-corrected chi connectivity index (χ2v) is 5.32. The van der Waals surface area contributed by atoms with E-state index < -0.39 is 5.60 Å². The molecule has 1 aliphatic heterocycles. The lowest BCUT2D eigenvalue weighted by Crippen LogP contribution is -2.36. The van der Waals surface area contributed by atoms with Crippen LogP contribution in [-0.2, 0) is 15.1 Å². The number of benzene rings is 1. The van der Waals surface area contributed by atoms with Gasteiger partial charge in [0.05, 0.1) is 5.56 Å². The fourth-order valence-corrected chi connectivity index (χ4v) is 2.59. The highest BCUT2D eigenvalue weighted by molar-refractivity contribution is 5.71. The largest absolute Gasteiger partial charge is 0.398 e. The molecule has 21 heavy (non-hydrogen) atoms. The van der Waals surface area contributed by atoms with Crippen LogP contribution in [0.5, 0.6) is 0 Å². The number of aromatic nitrogens is 2. The summed E-state index contributed by atoms with van der Waals surface area (Å²) in [5.74, 6) is 0.985. The fraction of sp³-hybridized carbons (Fsp3) is 0.467. The van der Waals surface area contributed by atoms with E-state index in [4.69, 9.17) is 19.7 Å². The van der Waals surface area contributed by atoms with Crippen molar-refractivity contribution in [3.05, 3.63) is 29.6 Å². The third kappa shape index (κ3) is 2.52. The average molecular weight is 289 g/mol. The summed E-state index contributed by atoms with van der Waals surface area (Å²) in [4.78, 5) is 4.51. The van der Waals surface area contributed by atoms with E-state index in [2.05, 4.69) is 10.1 Å². The first-order chi connectivity index (χ1) is 10.1. The van der Waals surface area contributed by atoms with Gasteiger partial charge in [-0.1, -0.05) is 16.8 Å². The minimum Gasteiger partial charge on any atom is -0.398 e. The summed E-state index contributed by atoms with van der Waals surface area (Å²) in [7, 11) is 1.67. The van der Waals surface area contributed by atoms with Gasteiger partial charge >= 0.3 is 0 Å². The smallest absolute Gasteiger partial charge is 0.260 e. The summed E-state index contributed by atoms with van der Waals surface area (Å²) in [6, 6.07) is 5.73. The van der Waals surface area contributed by atoms with Crippen LogP contribution in [0.1, 0.15) is 24.2 Å². The van der Waals surface area contributed by atoms with Crippen molar-refractivity contribution >= 4 is 5.69 Å². The van der Waals surface area contributed by atoms with E-state index in [0.29, 0.717) is 43.5 Å². The Morgan fingerprint density at radius 3 is 2.76 bits per heavy atom. The molecule has 0 radical (unpaired) electrons. The summed E-state index contributed by atoms with van der Waals surface area (Å²) in [6.07, 6.45) is 1.43. The third-order valence-electron chi connectivity index (χ3n) is 3.96. The normalized spacial score (nSPS) is 17.8. The molecule has 1 aromatic carbocycles. The average Bonchev–Trinajstić information content (AvgIpc) is 3.00. The Kier molecular flexibility index (Phi) is 3.65. The number of anilines is 1. The van der Waals surface area contributed by atoms with Gasteiger partial charge in [-0.3, -0.25) is 0 Å². The summed E-state index contributed by atoms with van der Waals surface area (Å²) in [5, 5.41) is 4.11. The van der Waals surface area contributed by atoms with Gasteiger partial charge in [0.1, 0.15) is 5.60 Å². The van der Waals surface area contributed by atoms with E-state index in [-0.39, 0.29) is 0 Å². The summed E-state index contributed by atoms with van der Waals surface area (Å²) >= 11 is 0. The zero-order chi connectivity index (χ0) is 14.9. The van der Waals surface area contributed by atoms with Crippen molar-refractivity contribution in [1.29, 1.82) is 0 Å². The van der Waals surface area contributed by atoms with Crippen LogP contribution in [0.15, 0.2) is 22.7 Å². The fourth-order valence-electron chi connectivity index (χ4n) is 2.59. The van der Waals surface area contributed by atoms with E-state index in [9.17, 15) is 0 Å². The zero-order valence-electron chi connectivity index (χ0n) is 12.3. The van der Waals surface area contributed by atoms with Crippen LogP contribution in [0.25, 0.3) is 11.5 Å². The number of nitrogen functional groups attached to an aromatic ring is 1. The number of nitrogens with two attached hydrogens (primary N) is 1. The molecule has 0 bridgehead atoms. The van der Waals surface area contributed by atoms with Crippen molar-refractivity contribution < 1.29 is 14.0 Å². The van der Waals surface area contributed by atoms with Gasteiger partial charge in [0.15, 0.2) is 0 Å². The molecule has 2 N–H and O–H groups in total. The van der Waals surface area contributed by atoms with Crippen molar-refractivity contribution in [1.82, 2.24) is 10.1 Å². The summed E-state index contributed by atoms with van der Waals surface area (Å²) in [6.45, 7) is 3.25. The van der Waals surface area contributed by atoms with Crippen LogP contribution in [0, 0.1) is 6.92 Å². The number of hydrogen-bond donors (Lipinski definition) is 1. The maximum atomic E-state index is 6.00. The molecular weight excluding hydrogens is 270 g/mol. The summed E-state index contributed by atoms with van der Waals surface area (Å²) in [5.41, 5.74) is 7.93. The van der Waals surface area contributed by atoms with Gasteiger partial charge in [-0.05, 0) is 19.1 Å². The zero-order valence-corrected chi connectivity index (χ0v) is 12.3. The van der Waals surface area contributed by atoms with Gasteiger partial charge < -0.3 is 19.7 Å². The molecule has 2 heterocycles. The predicted molar refractivity (Wildman–Crippen MR) is 77.6 cm³/mol. The molecule has 0 amide bonds. The lowest BCUT2D eigenvalue weighted by atomic mass is 9.93. The molecule has 0 saturated carbocycles. The van der Waals surface area contributed by atoms with E-state index in [1.165, 1.54) is 0 Å². The number of nitrogens with zero attached hydrogens (tertiary/aromatic N) is 2.